The third-order valence-electron chi connectivity index (χ3n) is 1.43. The molecule has 0 amide bonds. The van der Waals surface area contributed by atoms with Crippen molar-refractivity contribution >= 4 is 21.7 Å². The zero-order valence-electron chi connectivity index (χ0n) is 6.69. The Morgan fingerprint density at radius 2 is 2.00 bits per heavy atom. The lowest BCUT2D eigenvalue weighted by Gasteiger charge is -1.97. The first-order valence-corrected chi connectivity index (χ1v) is 4.05. The molecule has 0 atom stereocenters. The molecule has 65 valence electrons. The Morgan fingerprint density at radius 3 is 2.54 bits per heavy atom. The van der Waals surface area contributed by atoms with E-state index in [0.29, 0.717) is 5.56 Å². The van der Waals surface area contributed by atoms with Gasteiger partial charge in [0.05, 0.1) is 0 Å². The van der Waals surface area contributed by atoms with E-state index in [2.05, 4.69) is 10.2 Å². The van der Waals surface area contributed by atoms with Gasteiger partial charge in [0.1, 0.15) is 15.6 Å². The van der Waals surface area contributed by atoms with Crippen molar-refractivity contribution in [3.05, 3.63) is 29.8 Å². The molecule has 3 radical (unpaired) electrons. The second-order valence-electron chi connectivity index (χ2n) is 2.45. The highest BCUT2D eigenvalue weighted by molar-refractivity contribution is 6.61. The Balaban J connectivity index is 2.92. The Morgan fingerprint density at radius 1 is 1.31 bits per heavy atom. The lowest BCUT2D eigenvalue weighted by atomic mass is 10.2. The van der Waals surface area contributed by atoms with Crippen LogP contribution < -0.4 is 0 Å². The van der Waals surface area contributed by atoms with Gasteiger partial charge in [-0.2, -0.15) is 0 Å². The predicted octanol–water partition coefficient (Wildman–Crippen LogP) is 0.806. The third-order valence-corrected chi connectivity index (χ3v) is 1.59. The molecule has 0 unspecified atom stereocenters. The summed E-state index contributed by atoms with van der Waals surface area (Å²) in [6, 6.07) is 4.30. The molecule has 0 aromatic heterocycles. The van der Waals surface area contributed by atoms with E-state index in [4.69, 9.17) is 10.2 Å². The Bertz CT molecular complexity index is 358. The number of aromatic hydroxyl groups is 2. The van der Waals surface area contributed by atoms with Crippen LogP contribution >= 0.6 is 0 Å². The number of carbonyl (C=O) groups is 1. The van der Waals surface area contributed by atoms with Crippen LogP contribution in [0.3, 0.4) is 0 Å². The molecular formula is C9H7O3Si. The summed E-state index contributed by atoms with van der Waals surface area (Å²) in [5.74, 6) is -0.384. The lowest BCUT2D eigenvalue weighted by Crippen LogP contribution is -1.87. The van der Waals surface area contributed by atoms with Gasteiger partial charge in [-0.15, -0.1) is 0 Å². The second-order valence-corrected chi connectivity index (χ2v) is 2.94. The van der Waals surface area contributed by atoms with E-state index >= 15 is 0 Å². The summed E-state index contributed by atoms with van der Waals surface area (Å²) in [6.45, 7) is 0. The maximum atomic E-state index is 10.5. The van der Waals surface area contributed by atoms with Crippen molar-refractivity contribution in [3.63, 3.8) is 0 Å². The number of rotatable bonds is 2. The number of benzene rings is 1. The maximum absolute atomic E-state index is 10.5. The fraction of sp³-hybridized carbons (Fsp3) is 0. The minimum absolute atomic E-state index is 0.179. The molecule has 3 nitrogen and oxygen atoms in total. The van der Waals surface area contributed by atoms with Crippen molar-refractivity contribution in [1.29, 1.82) is 0 Å². The minimum Gasteiger partial charge on any atom is -0.504 e. The molecule has 0 aliphatic heterocycles. The summed E-state index contributed by atoms with van der Waals surface area (Å²) in [5, 5.41) is 17.8. The fourth-order valence-corrected chi connectivity index (χ4v) is 0.899. The summed E-state index contributed by atoms with van der Waals surface area (Å²) in [7, 11) is 2.77. The quantitative estimate of drug-likeness (QED) is 0.413. The molecule has 1 rings (SSSR count). The number of hydrogen-bond acceptors (Lipinski definition) is 3. The first-order chi connectivity index (χ1) is 6.09. The highest BCUT2D eigenvalue weighted by Gasteiger charge is 1.97. The van der Waals surface area contributed by atoms with Crippen LogP contribution in [0, 0.1) is 0 Å². The summed E-state index contributed by atoms with van der Waals surface area (Å²) in [6.07, 6.45) is 2.83. The fourth-order valence-electron chi connectivity index (χ4n) is 0.816. The molecule has 13 heavy (non-hydrogen) atoms. The molecule has 0 heterocycles. The van der Waals surface area contributed by atoms with Gasteiger partial charge in [-0.3, -0.25) is 0 Å². The van der Waals surface area contributed by atoms with Crippen LogP contribution in [-0.4, -0.2) is 25.9 Å². The summed E-state index contributed by atoms with van der Waals surface area (Å²) < 4.78 is 0. The average molecular weight is 191 g/mol. The standard InChI is InChI=1S/C9H7O3Si/c10-7-3-1-6(5-8(7)11)2-4-9(12)13/h1-5,10-11H/b4-2+. The molecule has 0 bridgehead atoms. The molecule has 1 aromatic rings. The van der Waals surface area contributed by atoms with Crippen molar-refractivity contribution in [2.75, 3.05) is 0 Å². The van der Waals surface area contributed by atoms with Crippen LogP contribution in [0.5, 0.6) is 11.5 Å². The highest BCUT2D eigenvalue weighted by Crippen LogP contribution is 2.25. The molecule has 2 N–H and O–H groups in total. The normalized spacial score (nSPS) is 10.5. The Hall–Kier alpha value is -1.55. The zero-order chi connectivity index (χ0) is 9.84. The largest absolute Gasteiger partial charge is 0.504 e. The minimum atomic E-state index is -0.257. The number of carbonyl (C=O) groups excluding carboxylic acids is 1. The van der Waals surface area contributed by atoms with Crippen LogP contribution in [0.4, 0.5) is 0 Å². The summed E-state index contributed by atoms with van der Waals surface area (Å²) >= 11 is 0. The predicted molar refractivity (Wildman–Crippen MR) is 49.6 cm³/mol. The van der Waals surface area contributed by atoms with Gasteiger partial charge in [0.25, 0.3) is 0 Å². The lowest BCUT2D eigenvalue weighted by molar-refractivity contribution is -0.107. The molecule has 0 aliphatic carbocycles. The van der Waals surface area contributed by atoms with Gasteiger partial charge in [-0.1, -0.05) is 12.1 Å². The van der Waals surface area contributed by atoms with Crippen LogP contribution in [0.1, 0.15) is 5.56 Å². The number of phenols is 2. The van der Waals surface area contributed by atoms with E-state index in [1.165, 1.54) is 24.3 Å². The molecule has 1 aromatic carbocycles. The SMILES string of the molecule is O=C([Si])/C=C/c1ccc(O)c(O)c1. The van der Waals surface area contributed by atoms with E-state index in [-0.39, 0.29) is 16.9 Å². The van der Waals surface area contributed by atoms with E-state index in [1.807, 2.05) is 0 Å². The highest BCUT2D eigenvalue weighted by atomic mass is 28.1. The summed E-state index contributed by atoms with van der Waals surface area (Å²) in [5.41, 5.74) is 0.641. The maximum Gasteiger partial charge on any atom is 0.157 e. The van der Waals surface area contributed by atoms with Crippen LogP contribution in [0.25, 0.3) is 6.08 Å². The molecule has 0 saturated carbocycles. The molecule has 4 heteroatoms. The topological polar surface area (TPSA) is 57.5 Å². The monoisotopic (exact) mass is 191 g/mol. The van der Waals surface area contributed by atoms with Crippen molar-refractivity contribution in [2.24, 2.45) is 0 Å². The summed E-state index contributed by atoms with van der Waals surface area (Å²) in [4.78, 5) is 10.5. The first-order valence-electron chi connectivity index (χ1n) is 3.55. The smallest absolute Gasteiger partial charge is 0.157 e. The van der Waals surface area contributed by atoms with Gasteiger partial charge in [-0.25, -0.2) is 0 Å². The van der Waals surface area contributed by atoms with Gasteiger partial charge in [0.15, 0.2) is 11.5 Å². The van der Waals surface area contributed by atoms with E-state index in [0.717, 1.165) is 0 Å². The molecule has 0 aliphatic rings. The van der Waals surface area contributed by atoms with E-state index in [9.17, 15) is 4.79 Å². The van der Waals surface area contributed by atoms with Crippen LogP contribution in [0.2, 0.25) is 0 Å². The van der Waals surface area contributed by atoms with Crippen molar-refractivity contribution < 1.29 is 15.0 Å². The van der Waals surface area contributed by atoms with Gasteiger partial charge in [0.2, 0.25) is 0 Å². The average Bonchev–Trinajstić information content (AvgIpc) is 2.07. The van der Waals surface area contributed by atoms with Crippen LogP contribution in [-0.2, 0) is 4.79 Å². The number of allylic oxidation sites excluding steroid dienone is 1. The van der Waals surface area contributed by atoms with Crippen LogP contribution in [0.15, 0.2) is 24.3 Å². The zero-order valence-corrected chi connectivity index (χ0v) is 7.69. The number of phenolic OH excluding ortho intramolecular Hbond substituents is 2. The molecule has 0 saturated heterocycles. The third kappa shape index (κ3) is 2.76. The van der Waals surface area contributed by atoms with Gasteiger partial charge in [-0.05, 0) is 23.8 Å². The van der Waals surface area contributed by atoms with Crippen molar-refractivity contribution in [2.45, 2.75) is 0 Å². The molecular weight excluding hydrogens is 184 g/mol. The van der Waals surface area contributed by atoms with E-state index in [1.54, 1.807) is 6.07 Å². The second kappa shape index (κ2) is 3.91. The number of hydrogen-bond donors (Lipinski definition) is 2. The van der Waals surface area contributed by atoms with Gasteiger partial charge in [0, 0.05) is 0 Å². The van der Waals surface area contributed by atoms with E-state index < -0.39 is 0 Å². The van der Waals surface area contributed by atoms with Gasteiger partial charge >= 0.3 is 0 Å². The Kier molecular flexibility index (Phi) is 2.87. The molecule has 0 fully saturated rings. The first kappa shape index (κ1) is 9.53. The Labute approximate surface area is 78.8 Å². The van der Waals surface area contributed by atoms with Crippen molar-refractivity contribution in [1.82, 2.24) is 0 Å². The van der Waals surface area contributed by atoms with Crippen molar-refractivity contribution in [3.8, 4) is 11.5 Å². The molecule has 0 spiro atoms. The van der Waals surface area contributed by atoms with Gasteiger partial charge < -0.3 is 15.0 Å².